The van der Waals surface area contributed by atoms with Crippen LogP contribution in [0.5, 0.6) is 0 Å². The molecule has 2 unspecified atom stereocenters. The molecular formula is C9H18N2O3S. The zero-order valence-electron chi connectivity index (χ0n) is 8.98. The summed E-state index contributed by atoms with van der Waals surface area (Å²) in [5.74, 6) is 0. The van der Waals surface area contributed by atoms with E-state index in [9.17, 15) is 8.42 Å². The summed E-state index contributed by atoms with van der Waals surface area (Å²) >= 11 is 0. The van der Waals surface area contributed by atoms with E-state index < -0.39 is 10.0 Å². The summed E-state index contributed by atoms with van der Waals surface area (Å²) in [7, 11) is -3.09. The number of nitrogens with zero attached hydrogens (tertiary/aromatic N) is 1. The standard InChI is InChI=1S/C9H18N2O3S/c1-15(12,13)10-5-9-6-11-4-2-3-8(11)7-14-9/h8-10H,2-7H2,1H3. The Morgan fingerprint density at radius 1 is 1.53 bits per heavy atom. The first-order valence-corrected chi connectivity index (χ1v) is 7.24. The fourth-order valence-corrected chi connectivity index (χ4v) is 2.74. The second-order valence-electron chi connectivity index (χ2n) is 4.37. The second-order valence-corrected chi connectivity index (χ2v) is 6.20. The minimum Gasteiger partial charge on any atom is -0.374 e. The first-order valence-electron chi connectivity index (χ1n) is 5.35. The van der Waals surface area contributed by atoms with E-state index in [-0.39, 0.29) is 6.10 Å². The first kappa shape index (κ1) is 11.3. The van der Waals surface area contributed by atoms with Gasteiger partial charge < -0.3 is 4.74 Å². The lowest BCUT2D eigenvalue weighted by atomic mass is 10.2. The van der Waals surface area contributed by atoms with E-state index in [1.165, 1.54) is 19.1 Å². The molecule has 0 aromatic heterocycles. The Kier molecular flexibility index (Phi) is 3.30. The quantitative estimate of drug-likeness (QED) is 0.708. The average molecular weight is 234 g/mol. The van der Waals surface area contributed by atoms with Gasteiger partial charge in [-0.15, -0.1) is 0 Å². The van der Waals surface area contributed by atoms with Gasteiger partial charge in [-0.25, -0.2) is 13.1 Å². The summed E-state index contributed by atoms with van der Waals surface area (Å²) < 4.78 is 30.0. The molecule has 6 heteroatoms. The fourth-order valence-electron chi connectivity index (χ4n) is 2.25. The lowest BCUT2D eigenvalue weighted by Gasteiger charge is -2.35. The van der Waals surface area contributed by atoms with Crippen molar-refractivity contribution in [3.05, 3.63) is 0 Å². The van der Waals surface area contributed by atoms with E-state index in [0.717, 1.165) is 19.7 Å². The molecule has 2 heterocycles. The normalized spacial score (nSPS) is 32.9. The summed E-state index contributed by atoms with van der Waals surface area (Å²) in [5, 5.41) is 0. The molecule has 2 fully saturated rings. The molecule has 0 spiro atoms. The van der Waals surface area contributed by atoms with Gasteiger partial charge in [-0.3, -0.25) is 4.90 Å². The van der Waals surface area contributed by atoms with Crippen LogP contribution < -0.4 is 4.72 Å². The minimum absolute atomic E-state index is 0.00840. The van der Waals surface area contributed by atoms with Crippen molar-refractivity contribution in [2.45, 2.75) is 25.0 Å². The molecule has 88 valence electrons. The molecular weight excluding hydrogens is 216 g/mol. The van der Waals surface area contributed by atoms with Crippen LogP contribution in [0.25, 0.3) is 0 Å². The van der Waals surface area contributed by atoms with Crippen molar-refractivity contribution in [2.24, 2.45) is 0 Å². The minimum atomic E-state index is -3.09. The Labute approximate surface area is 90.8 Å². The highest BCUT2D eigenvalue weighted by Crippen LogP contribution is 2.22. The molecule has 2 saturated heterocycles. The van der Waals surface area contributed by atoms with Gasteiger partial charge in [-0.2, -0.15) is 0 Å². The number of fused-ring (bicyclic) bond motifs is 1. The van der Waals surface area contributed by atoms with Crippen molar-refractivity contribution in [2.75, 3.05) is 32.5 Å². The molecule has 0 aromatic rings. The van der Waals surface area contributed by atoms with Crippen LogP contribution in [-0.2, 0) is 14.8 Å². The summed E-state index contributed by atoms with van der Waals surface area (Å²) in [6.45, 7) is 3.12. The number of rotatable bonds is 3. The van der Waals surface area contributed by atoms with Crippen molar-refractivity contribution in [3.63, 3.8) is 0 Å². The van der Waals surface area contributed by atoms with Gasteiger partial charge in [-0.1, -0.05) is 0 Å². The zero-order chi connectivity index (χ0) is 10.9. The highest BCUT2D eigenvalue weighted by Gasteiger charge is 2.32. The highest BCUT2D eigenvalue weighted by molar-refractivity contribution is 7.88. The molecule has 15 heavy (non-hydrogen) atoms. The molecule has 2 rings (SSSR count). The Balaban J connectivity index is 1.80. The molecule has 2 atom stereocenters. The largest absolute Gasteiger partial charge is 0.374 e. The van der Waals surface area contributed by atoms with Crippen LogP contribution in [0.3, 0.4) is 0 Å². The maximum absolute atomic E-state index is 10.9. The van der Waals surface area contributed by atoms with E-state index >= 15 is 0 Å². The van der Waals surface area contributed by atoms with E-state index in [4.69, 9.17) is 4.74 Å². The lowest BCUT2D eigenvalue weighted by molar-refractivity contribution is -0.0448. The van der Waals surface area contributed by atoms with Crippen molar-refractivity contribution in [1.29, 1.82) is 0 Å². The van der Waals surface area contributed by atoms with Gasteiger partial charge in [0.05, 0.1) is 19.0 Å². The summed E-state index contributed by atoms with van der Waals surface area (Å²) in [6.07, 6.45) is 3.63. The smallest absolute Gasteiger partial charge is 0.208 e. The van der Waals surface area contributed by atoms with Gasteiger partial charge in [0.15, 0.2) is 0 Å². The summed E-state index contributed by atoms with van der Waals surface area (Å²) in [4.78, 5) is 2.40. The molecule has 2 aliphatic rings. The van der Waals surface area contributed by atoms with Crippen LogP contribution in [0.1, 0.15) is 12.8 Å². The molecule has 1 N–H and O–H groups in total. The predicted molar refractivity (Wildman–Crippen MR) is 57.2 cm³/mol. The molecule has 0 saturated carbocycles. The van der Waals surface area contributed by atoms with Gasteiger partial charge >= 0.3 is 0 Å². The van der Waals surface area contributed by atoms with Crippen molar-refractivity contribution < 1.29 is 13.2 Å². The first-order chi connectivity index (χ1) is 7.04. The highest BCUT2D eigenvalue weighted by atomic mass is 32.2. The maximum atomic E-state index is 10.9. The van der Waals surface area contributed by atoms with Gasteiger partial charge in [0.25, 0.3) is 0 Å². The molecule has 2 aliphatic heterocycles. The molecule has 5 nitrogen and oxygen atoms in total. The van der Waals surface area contributed by atoms with E-state index in [0.29, 0.717) is 12.6 Å². The SMILES string of the molecule is CS(=O)(=O)NCC1CN2CCCC2CO1. The summed E-state index contributed by atoms with van der Waals surface area (Å²) in [6, 6.07) is 0.569. The van der Waals surface area contributed by atoms with E-state index in [2.05, 4.69) is 9.62 Å². The number of hydrogen-bond donors (Lipinski definition) is 1. The number of nitrogens with one attached hydrogen (secondary N) is 1. The van der Waals surface area contributed by atoms with E-state index in [1.807, 2.05) is 0 Å². The van der Waals surface area contributed by atoms with Crippen molar-refractivity contribution >= 4 is 10.0 Å². The predicted octanol–water partition coefficient (Wildman–Crippen LogP) is -0.601. The van der Waals surface area contributed by atoms with Gasteiger partial charge in [0, 0.05) is 19.1 Å². The van der Waals surface area contributed by atoms with E-state index in [1.54, 1.807) is 0 Å². The van der Waals surface area contributed by atoms with Gasteiger partial charge in [0.2, 0.25) is 10.0 Å². The number of ether oxygens (including phenoxy) is 1. The van der Waals surface area contributed by atoms with Crippen LogP contribution in [-0.4, -0.2) is 58.0 Å². The Morgan fingerprint density at radius 3 is 3.07 bits per heavy atom. The molecule has 0 aliphatic carbocycles. The Bertz CT molecular complexity index is 317. The number of hydrogen-bond acceptors (Lipinski definition) is 4. The van der Waals surface area contributed by atoms with Crippen LogP contribution in [0.2, 0.25) is 0 Å². The van der Waals surface area contributed by atoms with Crippen molar-refractivity contribution in [3.8, 4) is 0 Å². The van der Waals surface area contributed by atoms with Crippen molar-refractivity contribution in [1.82, 2.24) is 9.62 Å². The topological polar surface area (TPSA) is 58.6 Å². The molecule has 0 bridgehead atoms. The average Bonchev–Trinajstić information content (AvgIpc) is 2.60. The van der Waals surface area contributed by atoms with Crippen LogP contribution in [0, 0.1) is 0 Å². The maximum Gasteiger partial charge on any atom is 0.208 e. The summed E-state index contributed by atoms with van der Waals surface area (Å²) in [5.41, 5.74) is 0. The van der Waals surface area contributed by atoms with Crippen LogP contribution in [0.4, 0.5) is 0 Å². The molecule has 0 radical (unpaired) electrons. The fraction of sp³-hybridized carbons (Fsp3) is 1.00. The monoisotopic (exact) mass is 234 g/mol. The van der Waals surface area contributed by atoms with Gasteiger partial charge in [0.1, 0.15) is 0 Å². The lowest BCUT2D eigenvalue weighted by Crippen LogP contribution is -2.49. The van der Waals surface area contributed by atoms with Gasteiger partial charge in [-0.05, 0) is 19.4 Å². The number of sulfonamides is 1. The van der Waals surface area contributed by atoms with Crippen LogP contribution in [0.15, 0.2) is 0 Å². The molecule has 0 aromatic carbocycles. The Morgan fingerprint density at radius 2 is 2.33 bits per heavy atom. The Hall–Kier alpha value is -0.170. The second kappa shape index (κ2) is 4.37. The third kappa shape index (κ3) is 3.14. The zero-order valence-corrected chi connectivity index (χ0v) is 9.79. The van der Waals surface area contributed by atoms with Crippen LogP contribution >= 0.6 is 0 Å². The molecule has 0 amide bonds. The third-order valence-electron chi connectivity index (χ3n) is 3.03. The number of morpholine rings is 1. The third-order valence-corrected chi connectivity index (χ3v) is 3.73.